The van der Waals surface area contributed by atoms with E-state index in [0.29, 0.717) is 6.42 Å². The highest BCUT2D eigenvalue weighted by Crippen LogP contribution is 2.31. The van der Waals surface area contributed by atoms with E-state index in [1.54, 1.807) is 6.07 Å². The SMILES string of the molecule is C=S(=O)(O)c1cccc(Oc2ccc(CCCCCCCCCCCC)cc2S(=O)(=O)O)c1. The van der Waals surface area contributed by atoms with Crippen LogP contribution in [0.1, 0.15) is 76.7 Å². The Morgan fingerprint density at radius 1 is 0.818 bits per heavy atom. The standard InChI is InChI=1S/C25H36O6S2/c1-3-4-5-6-7-8-9-10-11-12-14-21-17-18-24(25(19-21)33(28,29)30)31-22-15-13-16-23(20-22)32(2,26)27/h13,15-20H,2-12,14H2,1H3,(H,26,27)(H,28,29,30). The van der Waals surface area contributed by atoms with Crippen LogP contribution in [0, 0.1) is 0 Å². The molecule has 2 rings (SSSR count). The zero-order valence-corrected chi connectivity index (χ0v) is 21.0. The molecular formula is C25H36O6S2. The van der Waals surface area contributed by atoms with Gasteiger partial charge in [-0.2, -0.15) is 8.42 Å². The lowest BCUT2D eigenvalue weighted by Crippen LogP contribution is -2.03. The van der Waals surface area contributed by atoms with E-state index in [2.05, 4.69) is 12.8 Å². The van der Waals surface area contributed by atoms with Crippen LogP contribution < -0.4 is 4.74 Å². The number of unbranched alkanes of at least 4 members (excludes halogenated alkanes) is 9. The normalized spacial score (nSPS) is 13.5. The monoisotopic (exact) mass is 496 g/mol. The quantitative estimate of drug-likeness (QED) is 0.161. The van der Waals surface area contributed by atoms with Crippen LogP contribution in [0.4, 0.5) is 0 Å². The van der Waals surface area contributed by atoms with Crippen LogP contribution in [0.15, 0.2) is 52.3 Å². The summed E-state index contributed by atoms with van der Waals surface area (Å²) in [7, 11) is -7.95. The van der Waals surface area contributed by atoms with Gasteiger partial charge in [0, 0.05) is 0 Å². The lowest BCUT2D eigenvalue weighted by Gasteiger charge is -2.12. The molecule has 0 fully saturated rings. The van der Waals surface area contributed by atoms with Crippen molar-refractivity contribution in [3.63, 3.8) is 0 Å². The fourth-order valence-corrected chi connectivity index (χ4v) is 4.93. The third-order valence-corrected chi connectivity index (χ3v) is 7.37. The fraction of sp³-hybridized carbons (Fsp3) is 0.480. The number of aryl methyl sites for hydroxylation is 1. The van der Waals surface area contributed by atoms with Gasteiger partial charge in [0.05, 0.1) is 4.90 Å². The summed E-state index contributed by atoms with van der Waals surface area (Å²) in [6, 6.07) is 10.5. The molecule has 0 radical (unpaired) electrons. The Balaban J connectivity index is 1.94. The number of hydrogen-bond donors (Lipinski definition) is 2. The van der Waals surface area contributed by atoms with Gasteiger partial charge in [0.2, 0.25) is 0 Å². The Morgan fingerprint density at radius 2 is 1.42 bits per heavy atom. The van der Waals surface area contributed by atoms with Gasteiger partial charge in [-0.05, 0) is 54.6 Å². The van der Waals surface area contributed by atoms with Crippen molar-refractivity contribution in [1.82, 2.24) is 0 Å². The fourth-order valence-electron chi connectivity index (χ4n) is 3.67. The van der Waals surface area contributed by atoms with E-state index in [1.807, 2.05) is 0 Å². The van der Waals surface area contributed by atoms with E-state index < -0.39 is 19.9 Å². The Labute approximate surface area is 199 Å². The molecule has 0 aliphatic rings. The van der Waals surface area contributed by atoms with Gasteiger partial charge >= 0.3 is 0 Å². The highest BCUT2D eigenvalue weighted by atomic mass is 32.2. The second-order valence-electron chi connectivity index (χ2n) is 8.41. The second kappa shape index (κ2) is 13.1. The summed E-state index contributed by atoms with van der Waals surface area (Å²) in [5.41, 5.74) is 0.805. The molecule has 1 unspecified atom stereocenters. The van der Waals surface area contributed by atoms with Crippen molar-refractivity contribution in [1.29, 1.82) is 0 Å². The molecule has 0 aromatic heterocycles. The molecular weight excluding hydrogens is 460 g/mol. The van der Waals surface area contributed by atoms with E-state index in [-0.39, 0.29) is 21.3 Å². The van der Waals surface area contributed by atoms with E-state index in [0.717, 1.165) is 24.8 Å². The number of hydrogen-bond acceptors (Lipinski definition) is 4. The summed E-state index contributed by atoms with van der Waals surface area (Å²) in [5, 5.41) is 0. The zero-order chi connectivity index (χ0) is 24.3. The minimum Gasteiger partial charge on any atom is -0.456 e. The Bertz CT molecular complexity index is 1090. The lowest BCUT2D eigenvalue weighted by atomic mass is 10.0. The van der Waals surface area contributed by atoms with Crippen LogP contribution >= 0.6 is 0 Å². The molecule has 2 aromatic rings. The summed E-state index contributed by atoms with van der Waals surface area (Å²) in [6.07, 6.45) is 12.9. The molecule has 0 aliphatic carbocycles. The first-order valence-electron chi connectivity index (χ1n) is 11.6. The van der Waals surface area contributed by atoms with E-state index >= 15 is 0 Å². The largest absolute Gasteiger partial charge is 0.456 e. The molecule has 0 bridgehead atoms. The maximum atomic E-state index is 11.9. The number of ether oxygens (including phenoxy) is 1. The number of benzene rings is 2. The molecule has 0 saturated heterocycles. The third kappa shape index (κ3) is 9.88. The first-order valence-corrected chi connectivity index (χ1v) is 14.7. The predicted molar refractivity (Wildman–Crippen MR) is 134 cm³/mol. The van der Waals surface area contributed by atoms with Gasteiger partial charge in [-0.25, -0.2) is 4.21 Å². The molecule has 0 aliphatic heterocycles. The molecule has 6 nitrogen and oxygen atoms in total. The van der Waals surface area contributed by atoms with Gasteiger partial charge in [-0.1, -0.05) is 76.8 Å². The minimum atomic E-state index is -4.51. The molecule has 0 spiro atoms. The van der Waals surface area contributed by atoms with Crippen molar-refractivity contribution in [2.75, 3.05) is 0 Å². The van der Waals surface area contributed by atoms with Crippen molar-refractivity contribution >= 4 is 25.8 Å². The lowest BCUT2D eigenvalue weighted by molar-refractivity contribution is 0.448. The van der Waals surface area contributed by atoms with Crippen LogP contribution in [0.3, 0.4) is 0 Å². The molecule has 1 atom stereocenters. The van der Waals surface area contributed by atoms with Crippen LogP contribution in [-0.4, -0.2) is 27.6 Å². The second-order valence-corrected chi connectivity index (χ2v) is 11.5. The minimum absolute atomic E-state index is 0.0463. The van der Waals surface area contributed by atoms with E-state index in [9.17, 15) is 21.7 Å². The van der Waals surface area contributed by atoms with Crippen molar-refractivity contribution in [3.05, 3.63) is 48.0 Å². The van der Waals surface area contributed by atoms with Crippen LogP contribution in [0.5, 0.6) is 11.5 Å². The van der Waals surface area contributed by atoms with Crippen molar-refractivity contribution in [2.45, 2.75) is 87.3 Å². The van der Waals surface area contributed by atoms with E-state index in [4.69, 9.17) is 4.74 Å². The molecule has 2 aromatic carbocycles. The Hall–Kier alpha value is -1.87. The predicted octanol–water partition coefficient (Wildman–Crippen LogP) is 6.74. The van der Waals surface area contributed by atoms with Crippen LogP contribution in [0.25, 0.3) is 0 Å². The van der Waals surface area contributed by atoms with Crippen molar-refractivity contribution in [3.8, 4) is 11.5 Å². The van der Waals surface area contributed by atoms with Gasteiger partial charge in [0.25, 0.3) is 10.1 Å². The zero-order valence-electron chi connectivity index (χ0n) is 19.4. The molecule has 184 valence electrons. The highest BCUT2D eigenvalue weighted by Gasteiger charge is 2.18. The van der Waals surface area contributed by atoms with Gasteiger partial charge < -0.3 is 9.29 Å². The van der Waals surface area contributed by atoms with Crippen LogP contribution in [-0.2, 0) is 26.3 Å². The average Bonchev–Trinajstić information content (AvgIpc) is 2.75. The van der Waals surface area contributed by atoms with Crippen molar-refractivity contribution in [2.24, 2.45) is 0 Å². The van der Waals surface area contributed by atoms with Gasteiger partial charge in [-0.3, -0.25) is 4.55 Å². The summed E-state index contributed by atoms with van der Waals surface area (Å²) < 4.78 is 60.6. The Kier molecular flexibility index (Phi) is 10.9. The van der Waals surface area contributed by atoms with Crippen LogP contribution in [0.2, 0.25) is 0 Å². The average molecular weight is 497 g/mol. The molecule has 0 saturated carbocycles. The summed E-state index contributed by atoms with van der Waals surface area (Å²) in [6.45, 7) is 2.22. The maximum absolute atomic E-state index is 11.9. The van der Waals surface area contributed by atoms with E-state index in [1.165, 1.54) is 81.3 Å². The summed E-state index contributed by atoms with van der Waals surface area (Å²) >= 11 is 0. The molecule has 33 heavy (non-hydrogen) atoms. The van der Waals surface area contributed by atoms with Gasteiger partial charge in [-0.15, -0.1) is 0 Å². The molecule has 8 heteroatoms. The molecule has 0 heterocycles. The van der Waals surface area contributed by atoms with Crippen molar-refractivity contribution < 1.29 is 26.5 Å². The smallest absolute Gasteiger partial charge is 0.298 e. The molecule has 0 amide bonds. The van der Waals surface area contributed by atoms with Gasteiger partial charge in [0.1, 0.15) is 26.2 Å². The third-order valence-electron chi connectivity index (χ3n) is 5.51. The topological polar surface area (TPSA) is 101 Å². The highest BCUT2D eigenvalue weighted by molar-refractivity contribution is 7.95. The number of rotatable bonds is 15. The Morgan fingerprint density at radius 3 is 2.00 bits per heavy atom. The van der Waals surface area contributed by atoms with Gasteiger partial charge in [0.15, 0.2) is 0 Å². The first kappa shape index (κ1) is 27.4. The maximum Gasteiger partial charge on any atom is 0.298 e. The first-order chi connectivity index (χ1) is 15.6. The summed E-state index contributed by atoms with van der Waals surface area (Å²) in [4.78, 5) is -0.261. The summed E-state index contributed by atoms with van der Waals surface area (Å²) in [5.74, 6) is 3.34. The molecule has 2 N–H and O–H groups in total.